The second-order valence-corrected chi connectivity index (χ2v) is 7.77. The molecule has 2 heterocycles. The zero-order valence-electron chi connectivity index (χ0n) is 15.8. The van der Waals surface area contributed by atoms with E-state index in [0.717, 1.165) is 4.88 Å². The number of para-hydroxylation sites is 1. The molecule has 4 rings (SSSR count). The highest BCUT2D eigenvalue weighted by Gasteiger charge is 2.13. The lowest BCUT2D eigenvalue weighted by Gasteiger charge is -2.05. The van der Waals surface area contributed by atoms with Crippen LogP contribution in [0, 0.1) is 13.8 Å². The van der Waals surface area contributed by atoms with E-state index in [9.17, 15) is 9.90 Å². The summed E-state index contributed by atoms with van der Waals surface area (Å²) >= 11 is 1.61. The maximum Gasteiger partial charge on any atom is 0.336 e. The second kappa shape index (κ2) is 8.78. The number of hydrogen-bond donors (Lipinski definition) is 2. The van der Waals surface area contributed by atoms with E-state index in [2.05, 4.69) is 36.2 Å². The minimum Gasteiger partial charge on any atom is -0.478 e. The lowest BCUT2D eigenvalue weighted by Crippen LogP contribution is -1.99. The molecule has 0 fully saturated rings. The number of hydrogen-bond acceptors (Lipinski definition) is 4. The fraction of sp³-hybridized carbons (Fsp3) is 0.130. The monoisotopic (exact) mass is 390 g/mol. The molecule has 0 aliphatic carbocycles. The summed E-state index contributed by atoms with van der Waals surface area (Å²) in [7, 11) is 0. The van der Waals surface area contributed by atoms with Crippen molar-refractivity contribution >= 4 is 28.2 Å². The molecule has 2 aromatic carbocycles. The Kier molecular flexibility index (Phi) is 6.19. The van der Waals surface area contributed by atoms with Gasteiger partial charge in [0.1, 0.15) is 0 Å². The minimum absolute atomic E-state index is 0.298. The van der Waals surface area contributed by atoms with Gasteiger partial charge in [0.05, 0.1) is 21.7 Å². The van der Waals surface area contributed by atoms with Crippen molar-refractivity contribution in [2.24, 2.45) is 5.73 Å². The first-order chi connectivity index (χ1) is 13.5. The molecule has 142 valence electrons. The molecular weight excluding hydrogens is 368 g/mol. The van der Waals surface area contributed by atoms with Gasteiger partial charge in [0.2, 0.25) is 0 Å². The standard InChI is InChI=1S/C15H11NO2S.C8H11N/c1-9-6-7-14(19-9)13-8-11(15(17)18)10-4-2-3-5-12(10)16-13;1-7-2-4-8(6-9)5-3-7/h2-8H,1H3,(H,17,18);2-5H,6,9H2,1H3. The number of nitrogens with zero attached hydrogens (tertiary/aromatic N) is 1. The minimum atomic E-state index is -0.923. The molecular formula is C23H22N2O2S. The average molecular weight is 391 g/mol. The number of carboxylic acid groups (broad SMARTS) is 1. The van der Waals surface area contributed by atoms with E-state index in [1.165, 1.54) is 16.0 Å². The molecule has 0 atom stereocenters. The highest BCUT2D eigenvalue weighted by molar-refractivity contribution is 7.15. The average Bonchev–Trinajstić information content (AvgIpc) is 3.14. The molecule has 0 unspecified atom stereocenters. The third-order valence-electron chi connectivity index (χ3n) is 4.30. The van der Waals surface area contributed by atoms with Gasteiger partial charge in [0.15, 0.2) is 0 Å². The quantitative estimate of drug-likeness (QED) is 0.489. The molecule has 4 nitrogen and oxygen atoms in total. The number of rotatable bonds is 3. The number of carbonyl (C=O) groups is 1. The number of aromatic nitrogens is 1. The van der Waals surface area contributed by atoms with Crippen molar-refractivity contribution in [3.05, 3.63) is 88.3 Å². The molecule has 0 saturated heterocycles. The molecule has 0 aliphatic rings. The van der Waals surface area contributed by atoms with Crippen LogP contribution in [0.25, 0.3) is 21.5 Å². The Balaban J connectivity index is 0.000000211. The van der Waals surface area contributed by atoms with Crippen LogP contribution >= 0.6 is 11.3 Å². The number of aromatic carboxylic acids is 1. The van der Waals surface area contributed by atoms with E-state index < -0.39 is 5.97 Å². The fourth-order valence-corrected chi connectivity index (χ4v) is 3.60. The number of aryl methyl sites for hydroxylation is 2. The molecule has 3 N–H and O–H groups in total. The number of nitrogens with two attached hydrogens (primary N) is 1. The van der Waals surface area contributed by atoms with Gasteiger partial charge in [-0.2, -0.15) is 0 Å². The molecule has 0 saturated carbocycles. The van der Waals surface area contributed by atoms with Crippen molar-refractivity contribution in [3.8, 4) is 10.6 Å². The van der Waals surface area contributed by atoms with Crippen LogP contribution in [-0.4, -0.2) is 16.1 Å². The van der Waals surface area contributed by atoms with Crippen LogP contribution in [0.3, 0.4) is 0 Å². The highest BCUT2D eigenvalue weighted by atomic mass is 32.1. The molecule has 2 aromatic heterocycles. The smallest absolute Gasteiger partial charge is 0.336 e. The van der Waals surface area contributed by atoms with Gasteiger partial charge in [0.25, 0.3) is 0 Å². The summed E-state index contributed by atoms with van der Waals surface area (Å²) in [4.78, 5) is 18.1. The first-order valence-corrected chi connectivity index (χ1v) is 9.75. The molecule has 28 heavy (non-hydrogen) atoms. The summed E-state index contributed by atoms with van der Waals surface area (Å²) in [5, 5.41) is 10.0. The summed E-state index contributed by atoms with van der Waals surface area (Å²) < 4.78 is 0. The van der Waals surface area contributed by atoms with Gasteiger partial charge >= 0.3 is 5.97 Å². The van der Waals surface area contributed by atoms with Crippen LogP contribution in [-0.2, 0) is 6.54 Å². The van der Waals surface area contributed by atoms with Crippen molar-refractivity contribution in [1.82, 2.24) is 4.98 Å². The predicted octanol–water partition coefficient (Wildman–Crippen LogP) is 5.42. The number of pyridine rings is 1. The van der Waals surface area contributed by atoms with Crippen LogP contribution in [0.1, 0.15) is 26.4 Å². The van der Waals surface area contributed by atoms with E-state index in [4.69, 9.17) is 5.73 Å². The third kappa shape index (κ3) is 4.63. The first kappa shape index (κ1) is 19.7. The topological polar surface area (TPSA) is 76.2 Å². The Morgan fingerprint density at radius 3 is 2.36 bits per heavy atom. The number of fused-ring (bicyclic) bond motifs is 1. The Morgan fingerprint density at radius 2 is 1.75 bits per heavy atom. The third-order valence-corrected chi connectivity index (χ3v) is 5.32. The molecule has 0 spiro atoms. The molecule has 0 aliphatic heterocycles. The Morgan fingerprint density at radius 1 is 1.04 bits per heavy atom. The van der Waals surface area contributed by atoms with Gasteiger partial charge in [-0.15, -0.1) is 11.3 Å². The van der Waals surface area contributed by atoms with Crippen molar-refractivity contribution < 1.29 is 9.90 Å². The van der Waals surface area contributed by atoms with Gasteiger partial charge in [0, 0.05) is 16.8 Å². The summed E-state index contributed by atoms with van der Waals surface area (Å²) in [5.74, 6) is -0.923. The Hall–Kier alpha value is -3.02. The van der Waals surface area contributed by atoms with Crippen LogP contribution < -0.4 is 5.73 Å². The molecule has 0 radical (unpaired) electrons. The van der Waals surface area contributed by atoms with Crippen molar-refractivity contribution in [3.63, 3.8) is 0 Å². The van der Waals surface area contributed by atoms with Crippen molar-refractivity contribution in [1.29, 1.82) is 0 Å². The first-order valence-electron chi connectivity index (χ1n) is 8.93. The molecule has 0 bridgehead atoms. The zero-order valence-corrected chi connectivity index (χ0v) is 16.7. The summed E-state index contributed by atoms with van der Waals surface area (Å²) in [6, 6.07) is 21.2. The van der Waals surface area contributed by atoms with E-state index in [1.807, 2.05) is 37.3 Å². The van der Waals surface area contributed by atoms with E-state index >= 15 is 0 Å². The van der Waals surface area contributed by atoms with E-state index in [-0.39, 0.29) is 0 Å². The molecule has 5 heteroatoms. The van der Waals surface area contributed by atoms with Gasteiger partial charge in [-0.1, -0.05) is 48.0 Å². The second-order valence-electron chi connectivity index (χ2n) is 6.48. The number of thiophene rings is 1. The number of benzene rings is 2. The fourth-order valence-electron chi connectivity index (χ4n) is 2.77. The van der Waals surface area contributed by atoms with Crippen molar-refractivity contribution in [2.75, 3.05) is 0 Å². The summed E-state index contributed by atoms with van der Waals surface area (Å²) in [5.41, 5.74) is 9.61. The van der Waals surface area contributed by atoms with E-state index in [0.29, 0.717) is 28.7 Å². The highest BCUT2D eigenvalue weighted by Crippen LogP contribution is 2.29. The largest absolute Gasteiger partial charge is 0.478 e. The normalized spacial score (nSPS) is 10.4. The summed E-state index contributed by atoms with van der Waals surface area (Å²) in [6.07, 6.45) is 0. The number of carboxylic acids is 1. The predicted molar refractivity (Wildman–Crippen MR) is 116 cm³/mol. The lowest BCUT2D eigenvalue weighted by atomic mass is 10.1. The Bertz CT molecular complexity index is 1100. The van der Waals surface area contributed by atoms with Crippen LogP contribution in [0.5, 0.6) is 0 Å². The van der Waals surface area contributed by atoms with Gasteiger partial charge in [-0.3, -0.25) is 0 Å². The summed E-state index contributed by atoms with van der Waals surface area (Å²) in [6.45, 7) is 4.73. The molecule has 4 aromatic rings. The Labute approximate surface area is 168 Å². The van der Waals surface area contributed by atoms with Crippen LogP contribution in [0.15, 0.2) is 66.7 Å². The SMILES string of the molecule is Cc1ccc(-c2cc(C(=O)O)c3ccccc3n2)s1.Cc1ccc(CN)cc1. The maximum atomic E-state index is 11.4. The van der Waals surface area contributed by atoms with E-state index in [1.54, 1.807) is 23.5 Å². The van der Waals surface area contributed by atoms with Crippen LogP contribution in [0.2, 0.25) is 0 Å². The van der Waals surface area contributed by atoms with Crippen molar-refractivity contribution in [2.45, 2.75) is 20.4 Å². The van der Waals surface area contributed by atoms with Gasteiger partial charge < -0.3 is 10.8 Å². The van der Waals surface area contributed by atoms with Gasteiger partial charge in [-0.05, 0) is 43.7 Å². The molecule has 0 amide bonds. The maximum absolute atomic E-state index is 11.4. The van der Waals surface area contributed by atoms with Gasteiger partial charge in [-0.25, -0.2) is 9.78 Å². The lowest BCUT2D eigenvalue weighted by molar-refractivity contribution is 0.0699. The zero-order chi connectivity index (χ0) is 20.1. The van der Waals surface area contributed by atoms with Crippen LogP contribution in [0.4, 0.5) is 0 Å².